The van der Waals surface area contributed by atoms with Crippen molar-refractivity contribution >= 4 is 17.7 Å². The summed E-state index contributed by atoms with van der Waals surface area (Å²) in [5.41, 5.74) is 2.64. The van der Waals surface area contributed by atoms with Gasteiger partial charge in [0.25, 0.3) is 0 Å². The second-order valence-electron chi connectivity index (χ2n) is 5.42. The van der Waals surface area contributed by atoms with Crippen LogP contribution in [0, 0.1) is 11.3 Å². The van der Waals surface area contributed by atoms with E-state index in [1.807, 2.05) is 18.2 Å². The highest BCUT2D eigenvalue weighted by Crippen LogP contribution is 2.13. The lowest BCUT2D eigenvalue weighted by atomic mass is 10.2. The van der Waals surface area contributed by atoms with Crippen LogP contribution in [0.3, 0.4) is 0 Å². The zero-order valence-corrected chi connectivity index (χ0v) is 15.4. The number of nitrogens with one attached hydrogen (secondary N) is 1. The second-order valence-corrected chi connectivity index (χ2v) is 6.41. The standard InChI is InChI=1S/C19H21N3O3S/c1-24-8-9-25-19-7-6-17(12-22-19)11-21-18(23)14-26-13-16-4-2-15(10-20)3-5-16/h2-7,12H,8-9,11,13-14H2,1H3,(H,21,23). The van der Waals surface area contributed by atoms with Gasteiger partial charge in [0.05, 0.1) is 24.0 Å². The molecule has 0 spiro atoms. The average molecular weight is 371 g/mol. The molecule has 0 aliphatic heterocycles. The minimum absolute atomic E-state index is 0.0240. The monoisotopic (exact) mass is 371 g/mol. The normalized spacial score (nSPS) is 10.2. The molecule has 0 atom stereocenters. The molecule has 7 heteroatoms. The molecule has 0 unspecified atom stereocenters. The molecule has 0 aliphatic carbocycles. The lowest BCUT2D eigenvalue weighted by Gasteiger charge is -2.07. The Labute approximate surface area is 157 Å². The van der Waals surface area contributed by atoms with Gasteiger partial charge >= 0.3 is 0 Å². The van der Waals surface area contributed by atoms with Gasteiger partial charge in [0.2, 0.25) is 11.8 Å². The maximum atomic E-state index is 11.9. The summed E-state index contributed by atoms with van der Waals surface area (Å²) in [6.07, 6.45) is 1.69. The van der Waals surface area contributed by atoms with E-state index in [-0.39, 0.29) is 5.91 Å². The first-order valence-electron chi connectivity index (χ1n) is 8.11. The smallest absolute Gasteiger partial charge is 0.230 e. The zero-order chi connectivity index (χ0) is 18.6. The number of benzene rings is 1. The van der Waals surface area contributed by atoms with Crippen molar-refractivity contribution in [3.05, 3.63) is 59.3 Å². The Kier molecular flexibility index (Phi) is 8.46. The molecule has 1 heterocycles. The van der Waals surface area contributed by atoms with E-state index in [9.17, 15) is 4.79 Å². The summed E-state index contributed by atoms with van der Waals surface area (Å²) in [6, 6.07) is 13.1. The minimum Gasteiger partial charge on any atom is -0.475 e. The van der Waals surface area contributed by atoms with E-state index in [1.54, 1.807) is 31.5 Å². The number of carbonyl (C=O) groups is 1. The third kappa shape index (κ3) is 7.13. The van der Waals surface area contributed by atoms with Gasteiger partial charge in [-0.05, 0) is 23.3 Å². The number of hydrogen-bond acceptors (Lipinski definition) is 6. The van der Waals surface area contributed by atoms with Gasteiger partial charge in [0.1, 0.15) is 6.61 Å². The lowest BCUT2D eigenvalue weighted by Crippen LogP contribution is -2.24. The van der Waals surface area contributed by atoms with Gasteiger partial charge in [-0.3, -0.25) is 4.79 Å². The quantitative estimate of drug-likeness (QED) is 0.646. The Balaban J connectivity index is 1.65. The third-order valence-corrected chi connectivity index (χ3v) is 4.41. The lowest BCUT2D eigenvalue weighted by molar-refractivity contribution is -0.118. The van der Waals surface area contributed by atoms with Gasteiger partial charge in [0, 0.05) is 31.7 Å². The van der Waals surface area contributed by atoms with Crippen LogP contribution in [0.1, 0.15) is 16.7 Å². The van der Waals surface area contributed by atoms with Crippen LogP contribution in [0.5, 0.6) is 5.88 Å². The van der Waals surface area contributed by atoms with Crippen molar-refractivity contribution in [3.8, 4) is 11.9 Å². The fourth-order valence-corrected chi connectivity index (χ4v) is 2.84. The largest absolute Gasteiger partial charge is 0.475 e. The summed E-state index contributed by atoms with van der Waals surface area (Å²) in [7, 11) is 1.62. The molecular formula is C19H21N3O3S. The van der Waals surface area contributed by atoms with Crippen LogP contribution in [0.4, 0.5) is 0 Å². The van der Waals surface area contributed by atoms with Crippen molar-refractivity contribution in [2.24, 2.45) is 0 Å². The average Bonchev–Trinajstić information content (AvgIpc) is 2.68. The topological polar surface area (TPSA) is 84.2 Å². The van der Waals surface area contributed by atoms with E-state index in [4.69, 9.17) is 14.7 Å². The molecule has 6 nitrogen and oxygen atoms in total. The van der Waals surface area contributed by atoms with E-state index in [2.05, 4.69) is 16.4 Å². The molecule has 0 saturated carbocycles. The van der Waals surface area contributed by atoms with Crippen molar-refractivity contribution in [2.75, 3.05) is 26.1 Å². The fraction of sp³-hybridized carbons (Fsp3) is 0.316. The molecule has 1 aromatic carbocycles. The van der Waals surface area contributed by atoms with Gasteiger partial charge in [-0.15, -0.1) is 11.8 Å². The van der Waals surface area contributed by atoms with Gasteiger partial charge in [-0.2, -0.15) is 5.26 Å². The van der Waals surface area contributed by atoms with E-state index < -0.39 is 0 Å². The van der Waals surface area contributed by atoms with Gasteiger partial charge in [-0.1, -0.05) is 18.2 Å². The molecule has 0 radical (unpaired) electrons. The van der Waals surface area contributed by atoms with Crippen LogP contribution in [0.25, 0.3) is 0 Å². The first-order valence-corrected chi connectivity index (χ1v) is 9.27. The van der Waals surface area contributed by atoms with Crippen molar-refractivity contribution in [2.45, 2.75) is 12.3 Å². The Morgan fingerprint density at radius 2 is 1.96 bits per heavy atom. The third-order valence-electron chi connectivity index (χ3n) is 3.41. The first-order chi connectivity index (χ1) is 12.7. The zero-order valence-electron chi connectivity index (χ0n) is 14.6. The number of methoxy groups -OCH3 is 1. The van der Waals surface area contributed by atoms with Gasteiger partial charge < -0.3 is 14.8 Å². The maximum absolute atomic E-state index is 11.9. The molecule has 0 saturated heterocycles. The summed E-state index contributed by atoms with van der Waals surface area (Å²) in [4.78, 5) is 16.1. The fourth-order valence-electron chi connectivity index (χ4n) is 2.02. The van der Waals surface area contributed by atoms with Crippen molar-refractivity contribution in [1.82, 2.24) is 10.3 Å². The highest BCUT2D eigenvalue weighted by Gasteiger charge is 2.03. The molecule has 0 fully saturated rings. The van der Waals surface area contributed by atoms with Crippen LogP contribution < -0.4 is 10.1 Å². The summed E-state index contributed by atoms with van der Waals surface area (Å²) >= 11 is 1.53. The highest BCUT2D eigenvalue weighted by molar-refractivity contribution is 7.99. The van der Waals surface area contributed by atoms with Crippen molar-refractivity contribution in [3.63, 3.8) is 0 Å². The number of hydrogen-bond donors (Lipinski definition) is 1. The molecule has 2 aromatic rings. The molecule has 2 rings (SSSR count). The number of nitrogens with zero attached hydrogens (tertiary/aromatic N) is 2. The van der Waals surface area contributed by atoms with E-state index in [0.717, 1.165) is 16.9 Å². The van der Waals surface area contributed by atoms with Crippen LogP contribution in [0.15, 0.2) is 42.6 Å². The molecule has 136 valence electrons. The molecule has 1 amide bonds. The number of pyridine rings is 1. The van der Waals surface area contributed by atoms with Crippen LogP contribution in [-0.4, -0.2) is 37.0 Å². The molecule has 1 aromatic heterocycles. The van der Waals surface area contributed by atoms with Crippen LogP contribution in [0.2, 0.25) is 0 Å². The number of aromatic nitrogens is 1. The van der Waals surface area contributed by atoms with E-state index in [0.29, 0.717) is 37.0 Å². The predicted molar refractivity (Wildman–Crippen MR) is 101 cm³/mol. The molecular weight excluding hydrogens is 350 g/mol. The molecule has 26 heavy (non-hydrogen) atoms. The number of nitriles is 1. The number of thioether (sulfide) groups is 1. The highest BCUT2D eigenvalue weighted by atomic mass is 32.2. The summed E-state index contributed by atoms with van der Waals surface area (Å²) in [5.74, 6) is 1.62. The summed E-state index contributed by atoms with van der Waals surface area (Å²) in [5, 5.41) is 11.6. The maximum Gasteiger partial charge on any atom is 0.230 e. The van der Waals surface area contributed by atoms with Crippen LogP contribution in [-0.2, 0) is 21.8 Å². The van der Waals surface area contributed by atoms with Crippen molar-refractivity contribution < 1.29 is 14.3 Å². The minimum atomic E-state index is -0.0240. The Bertz CT molecular complexity index is 727. The molecule has 1 N–H and O–H groups in total. The Morgan fingerprint density at radius 3 is 2.62 bits per heavy atom. The predicted octanol–water partition coefficient (Wildman–Crippen LogP) is 2.53. The second kappa shape index (κ2) is 11.1. The van der Waals surface area contributed by atoms with Gasteiger partial charge in [0.15, 0.2) is 0 Å². The van der Waals surface area contributed by atoms with Gasteiger partial charge in [-0.25, -0.2) is 4.98 Å². The van der Waals surface area contributed by atoms with E-state index >= 15 is 0 Å². The SMILES string of the molecule is COCCOc1ccc(CNC(=O)CSCc2ccc(C#N)cc2)cn1. The van der Waals surface area contributed by atoms with E-state index in [1.165, 1.54) is 11.8 Å². The molecule has 0 bridgehead atoms. The molecule has 0 aliphatic rings. The summed E-state index contributed by atoms with van der Waals surface area (Å²) < 4.78 is 10.3. The van der Waals surface area contributed by atoms with Crippen molar-refractivity contribution in [1.29, 1.82) is 5.26 Å². The number of rotatable bonds is 10. The number of carbonyl (C=O) groups excluding carboxylic acids is 1. The Hall–Kier alpha value is -2.56. The number of ether oxygens (including phenoxy) is 2. The summed E-state index contributed by atoms with van der Waals surface area (Å²) in [6.45, 7) is 1.40. The number of amides is 1. The first kappa shape index (κ1) is 19.8. The Morgan fingerprint density at radius 1 is 1.19 bits per heavy atom. The van der Waals surface area contributed by atoms with Crippen LogP contribution >= 0.6 is 11.8 Å².